The second-order valence-corrected chi connectivity index (χ2v) is 9.33. The molecule has 1 aromatic rings. The molecule has 0 aliphatic carbocycles. The number of hydrogen-bond acceptors (Lipinski definition) is 6. The molecule has 3 rings (SSSR count). The third kappa shape index (κ3) is 3.64. The van der Waals surface area contributed by atoms with Crippen LogP contribution in [0.2, 0.25) is 0 Å². The second-order valence-electron chi connectivity index (χ2n) is 7.10. The summed E-state index contributed by atoms with van der Waals surface area (Å²) in [6.45, 7) is 2.56. The van der Waals surface area contributed by atoms with E-state index in [-0.39, 0.29) is 17.9 Å². The van der Waals surface area contributed by atoms with Gasteiger partial charge in [0.15, 0.2) is 9.84 Å². The molecule has 2 fully saturated rings. The van der Waals surface area contributed by atoms with Crippen molar-refractivity contribution in [1.82, 2.24) is 9.80 Å². The lowest BCUT2D eigenvalue weighted by Crippen LogP contribution is -2.48. The summed E-state index contributed by atoms with van der Waals surface area (Å²) in [5, 5.41) is 0. The number of sulfone groups is 1. The predicted octanol–water partition coefficient (Wildman–Crippen LogP) is 0.406. The topological polar surface area (TPSA) is 112 Å². The second kappa shape index (κ2) is 7.34. The summed E-state index contributed by atoms with van der Waals surface area (Å²) in [4.78, 5) is 52.4. The molecule has 0 bridgehead atoms. The number of hydrogen-bond donors (Lipinski definition) is 0. The summed E-state index contributed by atoms with van der Waals surface area (Å²) in [5.74, 6) is -2.86. The smallest absolute Gasteiger partial charge is 0.307 e. The largest absolute Gasteiger partial charge is 0.334 e. The van der Waals surface area contributed by atoms with Crippen LogP contribution < -0.4 is 4.90 Å². The Morgan fingerprint density at radius 2 is 1.79 bits per heavy atom. The van der Waals surface area contributed by atoms with Gasteiger partial charge in [0, 0.05) is 11.7 Å². The molecule has 0 radical (unpaired) electrons. The third-order valence-corrected chi connectivity index (χ3v) is 6.52. The molecule has 0 aromatic heterocycles. The van der Waals surface area contributed by atoms with E-state index in [4.69, 9.17) is 0 Å². The van der Waals surface area contributed by atoms with Crippen LogP contribution in [0, 0.1) is 0 Å². The number of anilines is 1. The van der Waals surface area contributed by atoms with Gasteiger partial charge in [-0.15, -0.1) is 0 Å². The highest BCUT2D eigenvalue weighted by Gasteiger charge is 2.47. The fourth-order valence-electron chi connectivity index (χ4n) is 3.45. The van der Waals surface area contributed by atoms with Crippen molar-refractivity contribution in [1.29, 1.82) is 0 Å². The van der Waals surface area contributed by atoms with Gasteiger partial charge in [0.25, 0.3) is 0 Å². The minimum atomic E-state index is -3.26. The van der Waals surface area contributed by atoms with E-state index in [0.717, 1.165) is 4.90 Å². The first-order valence-electron chi connectivity index (χ1n) is 8.89. The Morgan fingerprint density at radius 1 is 1.14 bits per heavy atom. The Labute approximate surface area is 162 Å². The molecule has 9 nitrogen and oxygen atoms in total. The minimum Gasteiger partial charge on any atom is -0.307 e. The quantitative estimate of drug-likeness (QED) is 0.516. The summed E-state index contributed by atoms with van der Waals surface area (Å²) in [6.07, 6.45) is 0.266. The van der Waals surface area contributed by atoms with Gasteiger partial charge in [0.05, 0.1) is 17.5 Å². The maximum atomic E-state index is 13.0. The molecule has 2 heterocycles. The average Bonchev–Trinajstić information content (AvgIpc) is 3.08. The van der Waals surface area contributed by atoms with Crippen molar-refractivity contribution in [2.75, 3.05) is 23.0 Å². The average molecular weight is 407 g/mol. The predicted molar refractivity (Wildman–Crippen MR) is 100 cm³/mol. The van der Waals surface area contributed by atoms with Crippen LogP contribution in [0.3, 0.4) is 0 Å². The van der Waals surface area contributed by atoms with E-state index in [9.17, 15) is 27.6 Å². The van der Waals surface area contributed by atoms with Crippen molar-refractivity contribution in [2.45, 2.75) is 32.4 Å². The summed E-state index contributed by atoms with van der Waals surface area (Å²) in [6, 6.07) is 6.52. The number of para-hydroxylation sites is 1. The molecule has 1 atom stereocenters. The molecule has 2 saturated heterocycles. The van der Waals surface area contributed by atoms with Crippen LogP contribution in [0.4, 0.5) is 10.5 Å². The lowest BCUT2D eigenvalue weighted by molar-refractivity contribution is -0.144. The van der Waals surface area contributed by atoms with E-state index < -0.39 is 52.2 Å². The monoisotopic (exact) mass is 407 g/mol. The van der Waals surface area contributed by atoms with Crippen LogP contribution >= 0.6 is 0 Å². The van der Waals surface area contributed by atoms with E-state index >= 15 is 0 Å². The highest BCUT2D eigenvalue weighted by molar-refractivity contribution is 7.91. The molecule has 0 saturated carbocycles. The Hall–Kier alpha value is -2.75. The molecular formula is C18H21N3O6S. The summed E-state index contributed by atoms with van der Waals surface area (Å²) in [5.41, 5.74) is 0.473. The number of amides is 5. The van der Waals surface area contributed by atoms with Crippen molar-refractivity contribution in [2.24, 2.45) is 0 Å². The molecular weight excluding hydrogens is 386 g/mol. The Bertz CT molecular complexity index is 928. The molecule has 1 aromatic carbocycles. The van der Waals surface area contributed by atoms with Gasteiger partial charge in [0.2, 0.25) is 5.91 Å². The number of nitrogens with zero attached hydrogens (tertiary/aromatic N) is 3. The van der Waals surface area contributed by atoms with Gasteiger partial charge in [-0.2, -0.15) is 0 Å². The number of benzene rings is 1. The maximum absolute atomic E-state index is 13.0. The van der Waals surface area contributed by atoms with Crippen LogP contribution in [0.1, 0.15) is 20.3 Å². The molecule has 0 unspecified atom stereocenters. The molecule has 150 valence electrons. The van der Waals surface area contributed by atoms with Crippen molar-refractivity contribution < 1.29 is 27.6 Å². The lowest BCUT2D eigenvalue weighted by Gasteiger charge is -2.29. The summed E-state index contributed by atoms with van der Waals surface area (Å²) < 4.78 is 23.8. The Morgan fingerprint density at radius 3 is 2.29 bits per heavy atom. The maximum Gasteiger partial charge on any atom is 0.334 e. The number of rotatable bonds is 5. The Balaban J connectivity index is 1.87. The molecule has 0 N–H and O–H groups in total. The zero-order valence-electron chi connectivity index (χ0n) is 15.6. The normalized spacial score (nSPS) is 21.7. The van der Waals surface area contributed by atoms with E-state index in [1.807, 2.05) is 0 Å². The highest BCUT2D eigenvalue weighted by atomic mass is 32.2. The van der Waals surface area contributed by atoms with Gasteiger partial charge in [-0.1, -0.05) is 18.2 Å². The van der Waals surface area contributed by atoms with Crippen molar-refractivity contribution in [3.8, 4) is 0 Å². The molecule has 2 aliphatic rings. The molecule has 5 amide bonds. The molecule has 28 heavy (non-hydrogen) atoms. The fourth-order valence-corrected chi connectivity index (χ4v) is 5.15. The zero-order chi connectivity index (χ0) is 20.6. The first-order valence-corrected chi connectivity index (χ1v) is 10.7. The van der Waals surface area contributed by atoms with Crippen molar-refractivity contribution >= 4 is 39.3 Å². The lowest BCUT2D eigenvalue weighted by atomic mass is 10.1. The summed E-state index contributed by atoms with van der Waals surface area (Å²) >= 11 is 0. The van der Waals surface area contributed by atoms with Gasteiger partial charge < -0.3 is 4.90 Å². The first-order chi connectivity index (χ1) is 13.1. The number of imide groups is 2. The van der Waals surface area contributed by atoms with Gasteiger partial charge in [-0.25, -0.2) is 18.1 Å². The molecule has 10 heteroatoms. The third-order valence-electron chi connectivity index (χ3n) is 4.77. The molecule has 0 spiro atoms. The SMILES string of the molecule is CC(C)N1C(=O)C(=O)N(CC(=O)N(c2ccccc2)[C@H]2CCS(=O)(=O)C2)C1=O. The standard InChI is InChI=1S/C18H21N3O6S/c1-12(2)20-17(24)16(23)19(18(20)25)10-15(22)21(13-6-4-3-5-7-13)14-8-9-28(26,27)11-14/h3-7,12,14H,8-11H2,1-2H3/t14-/m0/s1. The van der Waals surface area contributed by atoms with Gasteiger partial charge in [0.1, 0.15) is 6.54 Å². The first kappa shape index (κ1) is 20.0. The fraction of sp³-hybridized carbons (Fsp3) is 0.444. The van der Waals surface area contributed by atoms with Crippen LogP contribution in [0.25, 0.3) is 0 Å². The zero-order valence-corrected chi connectivity index (χ0v) is 16.4. The van der Waals surface area contributed by atoms with Crippen LogP contribution in [0.5, 0.6) is 0 Å². The molecule has 2 aliphatic heterocycles. The van der Waals surface area contributed by atoms with Crippen LogP contribution in [-0.4, -0.2) is 72.1 Å². The van der Waals surface area contributed by atoms with E-state index in [0.29, 0.717) is 10.6 Å². The van der Waals surface area contributed by atoms with Gasteiger partial charge in [-0.05, 0) is 32.4 Å². The van der Waals surface area contributed by atoms with Crippen molar-refractivity contribution in [3.05, 3.63) is 30.3 Å². The van der Waals surface area contributed by atoms with Crippen molar-refractivity contribution in [3.63, 3.8) is 0 Å². The number of carbonyl (C=O) groups is 4. The number of carbonyl (C=O) groups excluding carboxylic acids is 4. The number of urea groups is 1. The van der Waals surface area contributed by atoms with Crippen LogP contribution in [-0.2, 0) is 24.2 Å². The Kier molecular flexibility index (Phi) is 5.24. The summed E-state index contributed by atoms with van der Waals surface area (Å²) in [7, 11) is -3.26. The van der Waals surface area contributed by atoms with Crippen LogP contribution in [0.15, 0.2) is 30.3 Å². The van der Waals surface area contributed by atoms with E-state index in [1.54, 1.807) is 44.2 Å². The highest BCUT2D eigenvalue weighted by Crippen LogP contribution is 2.25. The minimum absolute atomic E-state index is 0.0323. The van der Waals surface area contributed by atoms with E-state index in [2.05, 4.69) is 0 Å². The van der Waals surface area contributed by atoms with Gasteiger partial charge >= 0.3 is 17.8 Å². The van der Waals surface area contributed by atoms with Gasteiger partial charge in [-0.3, -0.25) is 19.3 Å². The van der Waals surface area contributed by atoms with E-state index in [1.165, 1.54) is 4.90 Å².